The molecule has 1 unspecified atom stereocenters. The van der Waals surface area contributed by atoms with Crippen molar-refractivity contribution in [3.63, 3.8) is 0 Å². The minimum atomic E-state index is -0.534. The standard InChI is InChI=1S/C12H14N4O4/c1-7(5-20-2)15-10-4-9-8(3-11(10)16(18)19)12(17)14-6-13-9/h3-4,6-7,15H,5H2,1-2H3,(H,13,14,17). The second-order valence-corrected chi connectivity index (χ2v) is 4.38. The summed E-state index contributed by atoms with van der Waals surface area (Å²) in [6.07, 6.45) is 1.26. The third-order valence-electron chi connectivity index (χ3n) is 2.77. The average Bonchev–Trinajstić information content (AvgIpc) is 2.38. The number of hydrogen-bond donors (Lipinski definition) is 2. The summed E-state index contributed by atoms with van der Waals surface area (Å²) in [5, 5.41) is 14.3. The lowest BCUT2D eigenvalue weighted by Gasteiger charge is -2.14. The summed E-state index contributed by atoms with van der Waals surface area (Å²) < 4.78 is 4.98. The molecule has 0 spiro atoms. The van der Waals surface area contributed by atoms with Gasteiger partial charge in [0.2, 0.25) is 0 Å². The number of aromatic amines is 1. The van der Waals surface area contributed by atoms with Crippen LogP contribution in [-0.2, 0) is 4.74 Å². The molecule has 1 aromatic heterocycles. The summed E-state index contributed by atoms with van der Waals surface area (Å²) in [5.41, 5.74) is 0.130. The largest absolute Gasteiger partial charge is 0.383 e. The molecule has 2 rings (SSSR count). The van der Waals surface area contributed by atoms with Gasteiger partial charge in [0.25, 0.3) is 11.2 Å². The van der Waals surface area contributed by atoms with E-state index in [1.807, 2.05) is 6.92 Å². The van der Waals surface area contributed by atoms with E-state index in [-0.39, 0.29) is 17.1 Å². The number of hydrogen-bond acceptors (Lipinski definition) is 6. The van der Waals surface area contributed by atoms with E-state index in [1.165, 1.54) is 18.5 Å². The Balaban J connectivity index is 2.54. The highest BCUT2D eigenvalue weighted by Crippen LogP contribution is 2.28. The molecule has 8 nitrogen and oxygen atoms in total. The highest BCUT2D eigenvalue weighted by molar-refractivity contribution is 5.86. The molecule has 8 heteroatoms. The molecule has 0 bridgehead atoms. The molecule has 0 aliphatic carbocycles. The molecule has 20 heavy (non-hydrogen) atoms. The van der Waals surface area contributed by atoms with Gasteiger partial charge in [0.15, 0.2) is 0 Å². The molecule has 0 amide bonds. The first-order chi connectivity index (χ1) is 9.52. The van der Waals surface area contributed by atoms with Crippen LogP contribution in [0, 0.1) is 10.1 Å². The number of anilines is 1. The third kappa shape index (κ3) is 2.75. The highest BCUT2D eigenvalue weighted by atomic mass is 16.6. The molecule has 1 aromatic carbocycles. The van der Waals surface area contributed by atoms with Gasteiger partial charge in [-0.2, -0.15) is 0 Å². The van der Waals surface area contributed by atoms with Crippen molar-refractivity contribution in [2.75, 3.05) is 19.0 Å². The van der Waals surface area contributed by atoms with Gasteiger partial charge in [-0.1, -0.05) is 0 Å². The molecule has 0 fully saturated rings. The van der Waals surface area contributed by atoms with E-state index in [0.29, 0.717) is 17.8 Å². The Labute approximate surface area is 113 Å². The maximum absolute atomic E-state index is 11.6. The lowest BCUT2D eigenvalue weighted by molar-refractivity contribution is -0.383. The molecule has 2 aromatic rings. The van der Waals surface area contributed by atoms with E-state index in [9.17, 15) is 14.9 Å². The van der Waals surface area contributed by atoms with Crippen LogP contribution in [0.2, 0.25) is 0 Å². The summed E-state index contributed by atoms with van der Waals surface area (Å²) in [6.45, 7) is 2.24. The number of nitrogens with zero attached hydrogens (tertiary/aromatic N) is 2. The van der Waals surface area contributed by atoms with Crippen LogP contribution in [0.4, 0.5) is 11.4 Å². The van der Waals surface area contributed by atoms with Crippen LogP contribution in [0.1, 0.15) is 6.92 Å². The van der Waals surface area contributed by atoms with Gasteiger partial charge in [-0.15, -0.1) is 0 Å². The van der Waals surface area contributed by atoms with E-state index < -0.39 is 10.5 Å². The number of H-pyrrole nitrogens is 1. The Morgan fingerprint density at radius 2 is 2.30 bits per heavy atom. The Hall–Kier alpha value is -2.48. The van der Waals surface area contributed by atoms with Crippen LogP contribution in [0.5, 0.6) is 0 Å². The first-order valence-corrected chi connectivity index (χ1v) is 5.94. The van der Waals surface area contributed by atoms with Crippen molar-refractivity contribution < 1.29 is 9.66 Å². The fraction of sp³-hybridized carbons (Fsp3) is 0.333. The number of aromatic nitrogens is 2. The lowest BCUT2D eigenvalue weighted by Crippen LogP contribution is -2.21. The Kier molecular flexibility index (Phi) is 3.94. The summed E-state index contributed by atoms with van der Waals surface area (Å²) in [7, 11) is 1.55. The minimum absolute atomic E-state index is 0.113. The smallest absolute Gasteiger partial charge is 0.293 e. The summed E-state index contributed by atoms with van der Waals surface area (Å²) >= 11 is 0. The number of nitro benzene ring substituents is 1. The summed E-state index contributed by atoms with van der Waals surface area (Å²) in [6, 6.07) is 2.61. The van der Waals surface area contributed by atoms with Gasteiger partial charge < -0.3 is 15.0 Å². The number of benzene rings is 1. The summed E-state index contributed by atoms with van der Waals surface area (Å²) in [4.78, 5) is 28.6. The van der Waals surface area contributed by atoms with E-state index in [4.69, 9.17) is 4.74 Å². The number of methoxy groups -OCH3 is 1. The van der Waals surface area contributed by atoms with Crippen LogP contribution in [0.3, 0.4) is 0 Å². The molecule has 1 atom stereocenters. The van der Waals surface area contributed by atoms with Crippen LogP contribution >= 0.6 is 0 Å². The van der Waals surface area contributed by atoms with E-state index in [2.05, 4.69) is 15.3 Å². The average molecular weight is 278 g/mol. The predicted octanol–water partition coefficient (Wildman–Crippen LogP) is 1.28. The zero-order valence-corrected chi connectivity index (χ0v) is 11.0. The van der Waals surface area contributed by atoms with Crippen molar-refractivity contribution in [1.29, 1.82) is 0 Å². The second kappa shape index (κ2) is 5.66. The molecular weight excluding hydrogens is 264 g/mol. The van der Waals surface area contributed by atoms with Crippen LogP contribution in [0.25, 0.3) is 10.9 Å². The summed E-state index contributed by atoms with van der Waals surface area (Å²) in [5.74, 6) is 0. The highest BCUT2D eigenvalue weighted by Gasteiger charge is 2.18. The quantitative estimate of drug-likeness (QED) is 0.629. The van der Waals surface area contributed by atoms with E-state index >= 15 is 0 Å². The molecule has 2 N–H and O–H groups in total. The number of nitro groups is 1. The molecule has 0 saturated heterocycles. The van der Waals surface area contributed by atoms with Crippen molar-refractivity contribution >= 4 is 22.3 Å². The van der Waals surface area contributed by atoms with Crippen LogP contribution in [0.15, 0.2) is 23.3 Å². The number of ether oxygens (including phenoxy) is 1. The number of nitrogens with one attached hydrogen (secondary N) is 2. The van der Waals surface area contributed by atoms with Crippen molar-refractivity contribution in [1.82, 2.24) is 9.97 Å². The Morgan fingerprint density at radius 1 is 1.55 bits per heavy atom. The Morgan fingerprint density at radius 3 is 2.95 bits per heavy atom. The minimum Gasteiger partial charge on any atom is -0.383 e. The SMILES string of the molecule is COCC(C)Nc1cc2nc[nH]c(=O)c2cc1[N+](=O)[O-]. The fourth-order valence-corrected chi connectivity index (χ4v) is 1.93. The number of rotatable bonds is 5. The maximum Gasteiger partial charge on any atom is 0.293 e. The van der Waals surface area contributed by atoms with Gasteiger partial charge >= 0.3 is 0 Å². The molecule has 0 radical (unpaired) electrons. The van der Waals surface area contributed by atoms with Crippen molar-refractivity contribution in [2.45, 2.75) is 13.0 Å². The topological polar surface area (TPSA) is 110 Å². The Bertz CT molecular complexity index is 697. The normalized spacial score (nSPS) is 12.3. The fourth-order valence-electron chi connectivity index (χ4n) is 1.93. The van der Waals surface area contributed by atoms with Crippen molar-refractivity contribution in [2.24, 2.45) is 0 Å². The molecule has 0 aliphatic rings. The first-order valence-electron chi connectivity index (χ1n) is 5.94. The first kappa shape index (κ1) is 13.9. The van der Waals surface area contributed by atoms with Gasteiger partial charge in [0.05, 0.1) is 28.8 Å². The van der Waals surface area contributed by atoms with Gasteiger partial charge in [0.1, 0.15) is 5.69 Å². The van der Waals surface area contributed by atoms with Gasteiger partial charge in [-0.3, -0.25) is 14.9 Å². The molecule has 0 saturated carbocycles. The monoisotopic (exact) mass is 278 g/mol. The zero-order chi connectivity index (χ0) is 14.7. The molecule has 0 aliphatic heterocycles. The lowest BCUT2D eigenvalue weighted by atomic mass is 10.1. The molecular formula is C12H14N4O4. The molecule has 1 heterocycles. The second-order valence-electron chi connectivity index (χ2n) is 4.38. The maximum atomic E-state index is 11.6. The zero-order valence-electron chi connectivity index (χ0n) is 11.0. The molecule has 106 valence electrons. The third-order valence-corrected chi connectivity index (χ3v) is 2.77. The van der Waals surface area contributed by atoms with E-state index in [0.717, 1.165) is 0 Å². The van der Waals surface area contributed by atoms with Crippen LogP contribution < -0.4 is 10.9 Å². The van der Waals surface area contributed by atoms with Crippen LogP contribution in [-0.4, -0.2) is 34.6 Å². The predicted molar refractivity (Wildman–Crippen MR) is 74.0 cm³/mol. The van der Waals surface area contributed by atoms with Gasteiger partial charge in [-0.25, -0.2) is 4.98 Å². The van der Waals surface area contributed by atoms with Gasteiger partial charge in [-0.05, 0) is 13.0 Å². The van der Waals surface area contributed by atoms with Gasteiger partial charge in [0, 0.05) is 19.2 Å². The van der Waals surface area contributed by atoms with E-state index in [1.54, 1.807) is 7.11 Å². The number of fused-ring (bicyclic) bond motifs is 1. The van der Waals surface area contributed by atoms with Crippen molar-refractivity contribution in [3.8, 4) is 0 Å². The van der Waals surface area contributed by atoms with Crippen molar-refractivity contribution in [3.05, 3.63) is 38.9 Å².